The number of phenols is 1. The second kappa shape index (κ2) is 2.66. The fourth-order valence-corrected chi connectivity index (χ4v) is 1.48. The standard InChI is InChI=1S/C11H11NO/c1-7-5-6-8-9(11(7)13)3-2-4-10(8)12/h2-6,13H,12H2,1H3. The molecule has 2 nitrogen and oxygen atoms in total. The Morgan fingerprint density at radius 1 is 1.08 bits per heavy atom. The van der Waals surface area contributed by atoms with Gasteiger partial charge in [-0.2, -0.15) is 0 Å². The van der Waals surface area contributed by atoms with E-state index in [1.165, 1.54) is 0 Å². The quantitative estimate of drug-likeness (QED) is 0.601. The van der Waals surface area contributed by atoms with Crippen LogP contribution in [0.1, 0.15) is 5.56 Å². The van der Waals surface area contributed by atoms with Gasteiger partial charge in [-0.1, -0.05) is 24.3 Å². The van der Waals surface area contributed by atoms with Crippen LogP contribution in [0.15, 0.2) is 30.3 Å². The molecule has 0 fully saturated rings. The summed E-state index contributed by atoms with van der Waals surface area (Å²) >= 11 is 0. The first-order chi connectivity index (χ1) is 6.20. The Labute approximate surface area is 76.6 Å². The Balaban J connectivity index is 2.94. The molecule has 2 heteroatoms. The molecule has 66 valence electrons. The van der Waals surface area contributed by atoms with Gasteiger partial charge in [0, 0.05) is 16.5 Å². The molecule has 13 heavy (non-hydrogen) atoms. The highest BCUT2D eigenvalue weighted by molar-refractivity contribution is 5.97. The van der Waals surface area contributed by atoms with E-state index in [4.69, 9.17) is 5.73 Å². The lowest BCUT2D eigenvalue weighted by Gasteiger charge is -2.05. The third-order valence-corrected chi connectivity index (χ3v) is 2.27. The van der Waals surface area contributed by atoms with Crippen LogP contribution in [0.3, 0.4) is 0 Å². The van der Waals surface area contributed by atoms with E-state index in [-0.39, 0.29) is 0 Å². The molecule has 0 unspecified atom stereocenters. The van der Waals surface area contributed by atoms with Crippen LogP contribution in [-0.2, 0) is 0 Å². The minimum atomic E-state index is 0.324. The Kier molecular flexibility index (Phi) is 1.62. The van der Waals surface area contributed by atoms with Crippen LogP contribution >= 0.6 is 0 Å². The number of anilines is 1. The van der Waals surface area contributed by atoms with Crippen LogP contribution in [-0.4, -0.2) is 5.11 Å². The molecule has 3 N–H and O–H groups in total. The molecule has 0 aliphatic rings. The SMILES string of the molecule is Cc1ccc2c(N)cccc2c1O. The van der Waals surface area contributed by atoms with Crippen LogP contribution in [0, 0.1) is 6.92 Å². The van der Waals surface area contributed by atoms with Crippen molar-refractivity contribution in [3.05, 3.63) is 35.9 Å². The topological polar surface area (TPSA) is 46.2 Å². The van der Waals surface area contributed by atoms with Crippen LogP contribution < -0.4 is 5.73 Å². The summed E-state index contributed by atoms with van der Waals surface area (Å²) in [5.74, 6) is 0.324. The molecule has 0 aromatic heterocycles. The second-order valence-electron chi connectivity index (χ2n) is 3.17. The number of nitrogens with two attached hydrogens (primary N) is 1. The van der Waals surface area contributed by atoms with Crippen LogP contribution in [0.2, 0.25) is 0 Å². The van der Waals surface area contributed by atoms with E-state index in [0.717, 1.165) is 16.3 Å². The Hall–Kier alpha value is -1.70. The molecule has 0 radical (unpaired) electrons. The van der Waals surface area contributed by atoms with Crippen molar-refractivity contribution in [2.45, 2.75) is 6.92 Å². The van der Waals surface area contributed by atoms with Gasteiger partial charge in [0.15, 0.2) is 0 Å². The summed E-state index contributed by atoms with van der Waals surface area (Å²) in [4.78, 5) is 0. The molecular weight excluding hydrogens is 162 g/mol. The second-order valence-corrected chi connectivity index (χ2v) is 3.17. The van der Waals surface area contributed by atoms with Crippen molar-refractivity contribution in [3.8, 4) is 5.75 Å². The highest BCUT2D eigenvalue weighted by Gasteiger charge is 2.03. The first-order valence-electron chi connectivity index (χ1n) is 4.17. The zero-order valence-corrected chi connectivity index (χ0v) is 7.41. The molecule has 0 bridgehead atoms. The first kappa shape index (κ1) is 7.92. The monoisotopic (exact) mass is 173 g/mol. The first-order valence-corrected chi connectivity index (χ1v) is 4.17. The van der Waals surface area contributed by atoms with Crippen molar-refractivity contribution in [1.82, 2.24) is 0 Å². The third-order valence-electron chi connectivity index (χ3n) is 2.27. The van der Waals surface area contributed by atoms with E-state index in [0.29, 0.717) is 11.4 Å². The molecule has 0 spiro atoms. The van der Waals surface area contributed by atoms with Gasteiger partial charge in [-0.15, -0.1) is 0 Å². The van der Waals surface area contributed by atoms with Gasteiger partial charge in [0.2, 0.25) is 0 Å². The number of hydrogen-bond acceptors (Lipinski definition) is 2. The smallest absolute Gasteiger partial charge is 0.126 e. The molecule has 2 aromatic carbocycles. The largest absolute Gasteiger partial charge is 0.507 e. The van der Waals surface area contributed by atoms with Gasteiger partial charge in [-0.3, -0.25) is 0 Å². The van der Waals surface area contributed by atoms with Gasteiger partial charge < -0.3 is 10.8 Å². The summed E-state index contributed by atoms with van der Waals surface area (Å²) in [5, 5.41) is 11.5. The van der Waals surface area contributed by atoms with E-state index < -0.39 is 0 Å². The zero-order chi connectivity index (χ0) is 9.42. The van der Waals surface area contributed by atoms with Crippen LogP contribution in [0.25, 0.3) is 10.8 Å². The molecule has 0 heterocycles. The van der Waals surface area contributed by atoms with Crippen molar-refractivity contribution < 1.29 is 5.11 Å². The van der Waals surface area contributed by atoms with Gasteiger partial charge in [0.05, 0.1) is 0 Å². The van der Waals surface area contributed by atoms with E-state index in [1.807, 2.05) is 37.3 Å². The highest BCUT2D eigenvalue weighted by atomic mass is 16.3. The van der Waals surface area contributed by atoms with Gasteiger partial charge in [0.1, 0.15) is 5.75 Å². The number of hydrogen-bond donors (Lipinski definition) is 2. The molecule has 0 amide bonds. The van der Waals surface area contributed by atoms with Gasteiger partial charge in [-0.05, 0) is 18.6 Å². The van der Waals surface area contributed by atoms with Crippen molar-refractivity contribution in [2.24, 2.45) is 0 Å². The van der Waals surface area contributed by atoms with Gasteiger partial charge >= 0.3 is 0 Å². The van der Waals surface area contributed by atoms with Crippen molar-refractivity contribution >= 4 is 16.5 Å². The van der Waals surface area contributed by atoms with Gasteiger partial charge in [-0.25, -0.2) is 0 Å². The number of nitrogen functional groups attached to an aromatic ring is 1. The predicted molar refractivity (Wildman–Crippen MR) is 54.8 cm³/mol. The maximum Gasteiger partial charge on any atom is 0.126 e. The molecule has 0 saturated heterocycles. The maximum absolute atomic E-state index is 9.73. The van der Waals surface area contributed by atoms with Crippen molar-refractivity contribution in [2.75, 3.05) is 5.73 Å². The lowest BCUT2D eigenvalue weighted by molar-refractivity contribution is 0.477. The fraction of sp³-hybridized carbons (Fsp3) is 0.0909. The van der Waals surface area contributed by atoms with Crippen molar-refractivity contribution in [3.63, 3.8) is 0 Å². The minimum Gasteiger partial charge on any atom is -0.507 e. The van der Waals surface area contributed by atoms with Crippen LogP contribution in [0.4, 0.5) is 5.69 Å². The number of fused-ring (bicyclic) bond motifs is 1. The fourth-order valence-electron chi connectivity index (χ4n) is 1.48. The Morgan fingerprint density at radius 2 is 1.85 bits per heavy atom. The molecule has 2 rings (SSSR count). The van der Waals surface area contributed by atoms with E-state index in [1.54, 1.807) is 0 Å². The zero-order valence-electron chi connectivity index (χ0n) is 7.41. The summed E-state index contributed by atoms with van der Waals surface area (Å²) in [6, 6.07) is 9.34. The average molecular weight is 173 g/mol. The Bertz CT molecular complexity index is 463. The van der Waals surface area contributed by atoms with Crippen LogP contribution in [0.5, 0.6) is 5.75 Å². The van der Waals surface area contributed by atoms with Crippen molar-refractivity contribution in [1.29, 1.82) is 0 Å². The lowest BCUT2D eigenvalue weighted by atomic mass is 10.0. The summed E-state index contributed by atoms with van der Waals surface area (Å²) < 4.78 is 0. The molecular formula is C11H11NO. The number of rotatable bonds is 0. The Morgan fingerprint density at radius 3 is 2.62 bits per heavy atom. The number of aryl methyl sites for hydroxylation is 1. The number of phenolic OH excluding ortho intramolecular Hbond substituents is 1. The molecule has 0 aliphatic carbocycles. The van der Waals surface area contributed by atoms with E-state index in [9.17, 15) is 5.11 Å². The third kappa shape index (κ3) is 1.11. The summed E-state index contributed by atoms with van der Waals surface area (Å²) in [7, 11) is 0. The molecule has 0 aliphatic heterocycles. The normalized spacial score (nSPS) is 10.5. The lowest BCUT2D eigenvalue weighted by Crippen LogP contribution is -1.87. The summed E-state index contributed by atoms with van der Waals surface area (Å²) in [6.07, 6.45) is 0. The average Bonchev–Trinajstić information content (AvgIpc) is 2.12. The maximum atomic E-state index is 9.73. The van der Waals surface area contributed by atoms with E-state index in [2.05, 4.69) is 0 Å². The summed E-state index contributed by atoms with van der Waals surface area (Å²) in [6.45, 7) is 1.87. The van der Waals surface area contributed by atoms with E-state index >= 15 is 0 Å². The summed E-state index contributed by atoms with van der Waals surface area (Å²) in [5.41, 5.74) is 7.34. The predicted octanol–water partition coefficient (Wildman–Crippen LogP) is 2.44. The molecule has 0 saturated carbocycles. The minimum absolute atomic E-state index is 0.324. The molecule has 2 aromatic rings. The number of aromatic hydroxyl groups is 1. The molecule has 0 atom stereocenters. The highest BCUT2D eigenvalue weighted by Crippen LogP contribution is 2.30. The number of benzene rings is 2. The van der Waals surface area contributed by atoms with Gasteiger partial charge in [0.25, 0.3) is 0 Å².